The van der Waals surface area contributed by atoms with Gasteiger partial charge in [0.05, 0.1) is 18.1 Å². The lowest BCUT2D eigenvalue weighted by atomic mass is 10.3. The molecule has 4 rings (SSSR count). The van der Waals surface area contributed by atoms with Gasteiger partial charge in [0.25, 0.3) is 10.0 Å². The molecule has 1 fully saturated rings. The van der Waals surface area contributed by atoms with E-state index < -0.39 is 10.0 Å². The van der Waals surface area contributed by atoms with Gasteiger partial charge in [-0.1, -0.05) is 11.6 Å². The van der Waals surface area contributed by atoms with Crippen molar-refractivity contribution >= 4 is 45.2 Å². The summed E-state index contributed by atoms with van der Waals surface area (Å²) in [4.78, 5) is 2.20. The lowest BCUT2D eigenvalue weighted by Crippen LogP contribution is -2.48. The van der Waals surface area contributed by atoms with Crippen LogP contribution in [0.5, 0.6) is 5.75 Å². The van der Waals surface area contributed by atoms with E-state index in [0.717, 1.165) is 22.8 Å². The number of nitrogens with zero attached hydrogens (tertiary/aromatic N) is 4. The van der Waals surface area contributed by atoms with Gasteiger partial charge < -0.3 is 9.30 Å². The number of hydrogen-bond donors (Lipinski definition) is 0. The smallest absolute Gasteiger partial charge is 0.252 e. The summed E-state index contributed by atoms with van der Waals surface area (Å²) in [6.45, 7) is 2.75. The molecule has 0 aliphatic carbocycles. The van der Waals surface area contributed by atoms with Crippen LogP contribution < -0.4 is 4.74 Å². The number of benzene rings is 1. The Morgan fingerprint density at radius 1 is 1.07 bits per heavy atom. The van der Waals surface area contributed by atoms with Gasteiger partial charge in [-0.2, -0.15) is 4.31 Å². The van der Waals surface area contributed by atoms with E-state index in [2.05, 4.69) is 4.90 Å². The number of hydrogen-bond acceptors (Lipinski definition) is 6. The highest BCUT2D eigenvalue weighted by Gasteiger charge is 2.29. The first kappa shape index (κ1) is 21.5. The predicted octanol–water partition coefficient (Wildman–Crippen LogP) is 3.70. The van der Waals surface area contributed by atoms with Gasteiger partial charge in [-0.3, -0.25) is 9.47 Å². The van der Waals surface area contributed by atoms with Crippen LogP contribution in [-0.4, -0.2) is 60.0 Å². The molecule has 3 heterocycles. The average molecular weight is 485 g/mol. The quantitative estimate of drug-likeness (QED) is 0.499. The van der Waals surface area contributed by atoms with Crippen LogP contribution in [0.25, 0.3) is 5.69 Å². The molecule has 0 spiro atoms. The van der Waals surface area contributed by atoms with Crippen LogP contribution in [0.15, 0.2) is 53.0 Å². The molecular formula is C19H21ClN4O3S3. The lowest BCUT2D eigenvalue weighted by molar-refractivity contribution is 0.151. The van der Waals surface area contributed by atoms with Crippen LogP contribution in [-0.2, 0) is 16.7 Å². The van der Waals surface area contributed by atoms with E-state index in [9.17, 15) is 8.42 Å². The summed E-state index contributed by atoms with van der Waals surface area (Å²) in [6, 6.07) is 10.9. The standard InChI is InChI=1S/C19H21ClN4O3S3/c1-27-16-4-2-15(3-5-16)24-13-10-22(19(24)28)14-21-8-11-23(12-9-21)30(25,26)18-7-6-17(20)29-18/h2-7,10,13H,8-9,11-12,14H2,1H3. The Morgan fingerprint density at radius 3 is 2.37 bits per heavy atom. The van der Waals surface area contributed by atoms with Crippen LogP contribution in [0.4, 0.5) is 0 Å². The van der Waals surface area contributed by atoms with Crippen molar-refractivity contribution < 1.29 is 13.2 Å². The van der Waals surface area contributed by atoms with E-state index >= 15 is 0 Å². The van der Waals surface area contributed by atoms with Gasteiger partial charge in [0.15, 0.2) is 4.77 Å². The number of halogens is 1. The molecule has 1 aliphatic rings. The SMILES string of the molecule is COc1ccc(-n2ccn(CN3CCN(S(=O)(=O)c4ccc(Cl)s4)CC3)c2=S)cc1. The van der Waals surface area contributed by atoms with Gasteiger partial charge in [-0.15, -0.1) is 11.3 Å². The van der Waals surface area contributed by atoms with Crippen molar-refractivity contribution in [3.63, 3.8) is 0 Å². The Kier molecular flexibility index (Phi) is 6.33. The Balaban J connectivity index is 1.41. The van der Waals surface area contributed by atoms with Gasteiger partial charge >= 0.3 is 0 Å². The second kappa shape index (κ2) is 8.81. The van der Waals surface area contributed by atoms with Crippen molar-refractivity contribution in [2.24, 2.45) is 0 Å². The molecule has 0 radical (unpaired) electrons. The molecule has 160 valence electrons. The maximum atomic E-state index is 12.8. The Labute approximate surface area is 189 Å². The summed E-state index contributed by atoms with van der Waals surface area (Å²) in [5, 5.41) is 0. The van der Waals surface area contributed by atoms with Crippen LogP contribution in [0, 0.1) is 4.77 Å². The Hall–Kier alpha value is -1.69. The van der Waals surface area contributed by atoms with Crippen molar-refractivity contribution in [2.75, 3.05) is 33.3 Å². The summed E-state index contributed by atoms with van der Waals surface area (Å²) < 4.78 is 37.6. The third-order valence-corrected chi connectivity index (χ3v) is 9.05. The number of thiophene rings is 1. The number of imidazole rings is 1. The van der Waals surface area contributed by atoms with Crippen molar-refractivity contribution in [3.05, 3.63) is 57.9 Å². The molecule has 0 N–H and O–H groups in total. The molecule has 3 aromatic rings. The first-order valence-electron chi connectivity index (χ1n) is 9.28. The van der Waals surface area contributed by atoms with Gasteiger partial charge in [0, 0.05) is 44.3 Å². The van der Waals surface area contributed by atoms with E-state index in [1.54, 1.807) is 19.2 Å². The summed E-state index contributed by atoms with van der Waals surface area (Å²) in [5.74, 6) is 0.794. The molecule has 1 aliphatic heterocycles. The first-order chi connectivity index (χ1) is 14.4. The van der Waals surface area contributed by atoms with E-state index in [-0.39, 0.29) is 0 Å². The molecule has 2 aromatic heterocycles. The molecule has 7 nitrogen and oxygen atoms in total. The van der Waals surface area contributed by atoms with Crippen molar-refractivity contribution in [1.29, 1.82) is 0 Å². The van der Waals surface area contributed by atoms with E-state index in [0.29, 0.717) is 46.2 Å². The van der Waals surface area contributed by atoms with Gasteiger partial charge in [-0.25, -0.2) is 8.42 Å². The number of methoxy groups -OCH3 is 1. The maximum absolute atomic E-state index is 12.8. The highest BCUT2D eigenvalue weighted by molar-refractivity contribution is 7.91. The minimum atomic E-state index is -3.48. The molecular weight excluding hydrogens is 464 g/mol. The van der Waals surface area contributed by atoms with Crippen LogP contribution in [0.2, 0.25) is 4.34 Å². The molecule has 0 saturated carbocycles. The third-order valence-electron chi connectivity index (χ3n) is 5.02. The second-order valence-corrected chi connectivity index (χ2v) is 11.1. The zero-order valence-corrected chi connectivity index (χ0v) is 19.5. The summed E-state index contributed by atoms with van der Waals surface area (Å²) in [5.41, 5.74) is 0.963. The summed E-state index contributed by atoms with van der Waals surface area (Å²) >= 11 is 12.6. The summed E-state index contributed by atoms with van der Waals surface area (Å²) in [6.07, 6.45) is 3.88. The molecule has 30 heavy (non-hydrogen) atoms. The fourth-order valence-corrected chi connectivity index (χ4v) is 6.69. The monoisotopic (exact) mass is 484 g/mol. The predicted molar refractivity (Wildman–Crippen MR) is 121 cm³/mol. The summed E-state index contributed by atoms with van der Waals surface area (Å²) in [7, 11) is -1.85. The van der Waals surface area contributed by atoms with E-state index in [4.69, 9.17) is 28.6 Å². The lowest BCUT2D eigenvalue weighted by Gasteiger charge is -2.33. The highest BCUT2D eigenvalue weighted by Crippen LogP contribution is 2.28. The first-order valence-corrected chi connectivity index (χ1v) is 12.3. The van der Waals surface area contributed by atoms with Crippen molar-refractivity contribution in [1.82, 2.24) is 18.3 Å². The number of aromatic nitrogens is 2. The molecule has 1 aromatic carbocycles. The average Bonchev–Trinajstić information content (AvgIpc) is 3.35. The topological polar surface area (TPSA) is 59.7 Å². The van der Waals surface area contributed by atoms with Gasteiger partial charge in [0.1, 0.15) is 9.96 Å². The van der Waals surface area contributed by atoms with Gasteiger partial charge in [0.2, 0.25) is 0 Å². The van der Waals surface area contributed by atoms with E-state index in [1.165, 1.54) is 4.31 Å². The van der Waals surface area contributed by atoms with Crippen LogP contribution >= 0.6 is 35.2 Å². The third kappa shape index (κ3) is 4.34. The number of sulfonamides is 1. The largest absolute Gasteiger partial charge is 0.497 e. The fourth-order valence-electron chi connectivity index (χ4n) is 3.35. The number of ether oxygens (including phenoxy) is 1. The molecule has 0 amide bonds. The minimum absolute atomic E-state index is 0.291. The molecule has 0 unspecified atom stereocenters. The Bertz CT molecular complexity index is 1180. The zero-order chi connectivity index (χ0) is 21.3. The van der Waals surface area contributed by atoms with Crippen LogP contribution in [0.3, 0.4) is 0 Å². The van der Waals surface area contributed by atoms with Gasteiger partial charge in [-0.05, 0) is 48.6 Å². The minimum Gasteiger partial charge on any atom is -0.497 e. The number of rotatable bonds is 6. The normalized spacial score (nSPS) is 16.1. The van der Waals surface area contributed by atoms with E-state index in [1.807, 2.05) is 45.8 Å². The molecule has 11 heteroatoms. The molecule has 0 atom stereocenters. The second-order valence-electron chi connectivity index (χ2n) is 6.84. The van der Waals surface area contributed by atoms with Crippen molar-refractivity contribution in [3.8, 4) is 11.4 Å². The highest BCUT2D eigenvalue weighted by atomic mass is 35.5. The number of piperazine rings is 1. The fraction of sp³-hybridized carbons (Fsp3) is 0.316. The Morgan fingerprint density at radius 2 is 1.77 bits per heavy atom. The maximum Gasteiger partial charge on any atom is 0.252 e. The zero-order valence-electron chi connectivity index (χ0n) is 16.3. The van der Waals surface area contributed by atoms with Crippen LogP contribution in [0.1, 0.15) is 0 Å². The molecule has 1 saturated heterocycles. The van der Waals surface area contributed by atoms with Crippen molar-refractivity contribution in [2.45, 2.75) is 10.9 Å². The molecule has 0 bridgehead atoms.